The van der Waals surface area contributed by atoms with Gasteiger partial charge >= 0.3 is 0 Å². The summed E-state index contributed by atoms with van der Waals surface area (Å²) in [5, 5.41) is 12.7. The number of carbonyl (C=O) groups is 1. The molecule has 3 aromatic rings. The van der Waals surface area contributed by atoms with Gasteiger partial charge in [-0.1, -0.05) is 30.3 Å². The van der Waals surface area contributed by atoms with Gasteiger partial charge in [0, 0.05) is 18.9 Å². The first-order chi connectivity index (χ1) is 10.6. The van der Waals surface area contributed by atoms with Gasteiger partial charge in [0.1, 0.15) is 5.69 Å². The molecule has 1 aromatic carbocycles. The molecule has 6 heteroatoms. The number of pyridine rings is 1. The molecular weight excluding hydrogens is 346 g/mol. The Morgan fingerprint density at radius 3 is 2.77 bits per heavy atom. The lowest BCUT2D eigenvalue weighted by molar-refractivity contribution is 0.0912. The van der Waals surface area contributed by atoms with Crippen LogP contribution >= 0.6 is 15.9 Å². The molecule has 0 spiro atoms. The smallest absolute Gasteiger partial charge is 0.271 e. The highest BCUT2D eigenvalue weighted by atomic mass is 79.9. The monoisotopic (exact) mass is 359 g/mol. The van der Waals surface area contributed by atoms with E-state index in [2.05, 4.69) is 26.2 Å². The number of hydrogen-bond acceptors (Lipinski definition) is 3. The first kappa shape index (κ1) is 14.7. The molecule has 2 aromatic heterocycles. The number of imidazole rings is 1. The van der Waals surface area contributed by atoms with Crippen LogP contribution in [0.5, 0.6) is 0 Å². The molecule has 0 aliphatic heterocycles. The van der Waals surface area contributed by atoms with Crippen molar-refractivity contribution in [1.29, 1.82) is 0 Å². The molecule has 0 saturated carbocycles. The number of halogens is 1. The number of nitrogens with one attached hydrogen (secondary N) is 1. The zero-order valence-corrected chi connectivity index (χ0v) is 13.2. The molecule has 112 valence electrons. The van der Waals surface area contributed by atoms with Crippen LogP contribution in [-0.2, 0) is 0 Å². The highest BCUT2D eigenvalue weighted by Crippen LogP contribution is 2.17. The van der Waals surface area contributed by atoms with Crippen LogP contribution in [0.15, 0.2) is 59.3 Å². The zero-order chi connectivity index (χ0) is 15.5. The minimum absolute atomic E-state index is 0.137. The van der Waals surface area contributed by atoms with Crippen molar-refractivity contribution in [3.05, 3.63) is 70.6 Å². The highest BCUT2D eigenvalue weighted by Gasteiger charge is 2.14. The number of amides is 1. The molecule has 1 amide bonds. The van der Waals surface area contributed by atoms with Gasteiger partial charge < -0.3 is 14.8 Å². The van der Waals surface area contributed by atoms with Gasteiger partial charge in [-0.3, -0.25) is 4.79 Å². The van der Waals surface area contributed by atoms with Crippen molar-refractivity contribution in [3.63, 3.8) is 0 Å². The summed E-state index contributed by atoms with van der Waals surface area (Å²) in [4.78, 5) is 16.4. The van der Waals surface area contributed by atoms with Crippen LogP contribution in [0.1, 0.15) is 22.2 Å². The second-order valence-electron chi connectivity index (χ2n) is 4.85. The van der Waals surface area contributed by atoms with Gasteiger partial charge in [-0.2, -0.15) is 0 Å². The summed E-state index contributed by atoms with van der Waals surface area (Å²) in [6.45, 7) is 0.137. The SMILES string of the molecule is O=C(NC[C@@H](O)c1ccccc1)c1cn2cccc(Br)c2n1. The number of aromatic nitrogens is 2. The molecule has 1 atom stereocenters. The van der Waals surface area contributed by atoms with E-state index in [0.717, 1.165) is 10.0 Å². The maximum absolute atomic E-state index is 12.1. The Balaban J connectivity index is 1.70. The first-order valence-corrected chi connectivity index (χ1v) is 7.59. The summed E-state index contributed by atoms with van der Waals surface area (Å²) < 4.78 is 2.59. The number of aliphatic hydroxyl groups excluding tert-OH is 1. The molecule has 0 radical (unpaired) electrons. The van der Waals surface area contributed by atoms with Crippen molar-refractivity contribution in [1.82, 2.24) is 14.7 Å². The fourth-order valence-corrected chi connectivity index (χ4v) is 2.61. The predicted octanol–water partition coefficient (Wildman–Crippen LogP) is 2.56. The summed E-state index contributed by atoms with van der Waals surface area (Å²) in [6.07, 6.45) is 2.74. The Kier molecular flexibility index (Phi) is 4.22. The number of nitrogens with zero attached hydrogens (tertiary/aromatic N) is 2. The van der Waals surface area contributed by atoms with Crippen LogP contribution in [0, 0.1) is 0 Å². The summed E-state index contributed by atoms with van der Waals surface area (Å²) >= 11 is 3.40. The lowest BCUT2D eigenvalue weighted by atomic mass is 10.1. The molecule has 0 aliphatic carbocycles. The summed E-state index contributed by atoms with van der Waals surface area (Å²) in [6, 6.07) is 12.9. The van der Waals surface area contributed by atoms with E-state index in [0.29, 0.717) is 11.3 Å². The summed E-state index contributed by atoms with van der Waals surface area (Å²) in [7, 11) is 0. The molecule has 5 nitrogen and oxygen atoms in total. The van der Waals surface area contributed by atoms with Crippen LogP contribution in [0.2, 0.25) is 0 Å². The Hall–Kier alpha value is -2.18. The van der Waals surface area contributed by atoms with Crippen LogP contribution in [0.25, 0.3) is 5.65 Å². The van der Waals surface area contributed by atoms with Gasteiger partial charge in [0.05, 0.1) is 10.6 Å². The average Bonchev–Trinajstić information content (AvgIpc) is 2.99. The van der Waals surface area contributed by atoms with E-state index in [1.807, 2.05) is 48.7 Å². The Bertz CT molecular complexity index is 802. The molecule has 0 saturated heterocycles. The Morgan fingerprint density at radius 1 is 1.27 bits per heavy atom. The van der Waals surface area contributed by atoms with Gasteiger partial charge in [0.15, 0.2) is 5.65 Å². The third kappa shape index (κ3) is 3.03. The first-order valence-electron chi connectivity index (χ1n) is 6.79. The van der Waals surface area contributed by atoms with Crippen LogP contribution in [0.4, 0.5) is 0 Å². The third-order valence-corrected chi connectivity index (χ3v) is 3.93. The molecule has 2 heterocycles. The van der Waals surface area contributed by atoms with E-state index in [1.165, 1.54) is 0 Å². The van der Waals surface area contributed by atoms with Crippen molar-refractivity contribution in [2.24, 2.45) is 0 Å². The van der Waals surface area contributed by atoms with E-state index >= 15 is 0 Å². The number of hydrogen-bond donors (Lipinski definition) is 2. The van der Waals surface area contributed by atoms with E-state index in [4.69, 9.17) is 0 Å². The average molecular weight is 360 g/mol. The highest BCUT2D eigenvalue weighted by molar-refractivity contribution is 9.10. The second kappa shape index (κ2) is 6.29. The van der Waals surface area contributed by atoms with E-state index < -0.39 is 6.10 Å². The Labute approximate surface area is 135 Å². The lowest BCUT2D eigenvalue weighted by Gasteiger charge is -2.11. The molecule has 0 aliphatic rings. The van der Waals surface area contributed by atoms with Crippen molar-refractivity contribution in [3.8, 4) is 0 Å². The van der Waals surface area contributed by atoms with Crippen LogP contribution < -0.4 is 5.32 Å². The van der Waals surface area contributed by atoms with E-state index in [9.17, 15) is 9.90 Å². The van der Waals surface area contributed by atoms with Gasteiger partial charge in [0.2, 0.25) is 0 Å². The number of aliphatic hydroxyl groups is 1. The minimum atomic E-state index is -0.742. The largest absolute Gasteiger partial charge is 0.387 e. The summed E-state index contributed by atoms with van der Waals surface area (Å²) in [5.41, 5.74) is 1.75. The lowest BCUT2D eigenvalue weighted by Crippen LogP contribution is -2.28. The zero-order valence-electron chi connectivity index (χ0n) is 11.6. The fraction of sp³-hybridized carbons (Fsp3) is 0.125. The fourth-order valence-electron chi connectivity index (χ4n) is 2.16. The molecule has 2 N–H and O–H groups in total. The third-order valence-electron chi connectivity index (χ3n) is 3.31. The number of rotatable bonds is 4. The van der Waals surface area contributed by atoms with E-state index in [-0.39, 0.29) is 12.5 Å². The van der Waals surface area contributed by atoms with Crippen molar-refractivity contribution >= 4 is 27.5 Å². The Morgan fingerprint density at radius 2 is 2.05 bits per heavy atom. The van der Waals surface area contributed by atoms with Gasteiger partial charge in [-0.25, -0.2) is 4.98 Å². The topological polar surface area (TPSA) is 66.6 Å². The maximum Gasteiger partial charge on any atom is 0.271 e. The number of fused-ring (bicyclic) bond motifs is 1. The quantitative estimate of drug-likeness (QED) is 0.752. The van der Waals surface area contributed by atoms with Gasteiger partial charge in [-0.15, -0.1) is 0 Å². The molecular formula is C16H14BrN3O2. The molecule has 0 bridgehead atoms. The standard InChI is InChI=1S/C16H14BrN3O2/c17-12-7-4-8-20-10-13(19-15(12)20)16(22)18-9-14(21)11-5-2-1-3-6-11/h1-8,10,14,21H,9H2,(H,18,22)/t14-/m1/s1. The minimum Gasteiger partial charge on any atom is -0.387 e. The second-order valence-corrected chi connectivity index (χ2v) is 5.70. The van der Waals surface area contributed by atoms with Gasteiger partial charge in [0.25, 0.3) is 5.91 Å². The van der Waals surface area contributed by atoms with Gasteiger partial charge in [-0.05, 0) is 33.6 Å². The predicted molar refractivity (Wildman–Crippen MR) is 86.6 cm³/mol. The van der Waals surface area contributed by atoms with Crippen molar-refractivity contribution < 1.29 is 9.90 Å². The maximum atomic E-state index is 12.1. The normalized spacial score (nSPS) is 12.3. The number of carbonyl (C=O) groups excluding carboxylic acids is 1. The van der Waals surface area contributed by atoms with Crippen molar-refractivity contribution in [2.75, 3.05) is 6.54 Å². The van der Waals surface area contributed by atoms with Crippen molar-refractivity contribution in [2.45, 2.75) is 6.10 Å². The van der Waals surface area contributed by atoms with E-state index in [1.54, 1.807) is 10.6 Å². The van der Waals surface area contributed by atoms with Crippen LogP contribution in [0.3, 0.4) is 0 Å². The molecule has 0 fully saturated rings. The molecule has 22 heavy (non-hydrogen) atoms. The molecule has 3 rings (SSSR count). The number of benzene rings is 1. The van der Waals surface area contributed by atoms with Crippen LogP contribution in [-0.4, -0.2) is 26.9 Å². The summed E-state index contributed by atoms with van der Waals surface area (Å²) in [5.74, 6) is -0.314. The molecule has 0 unspecified atom stereocenters.